The lowest BCUT2D eigenvalue weighted by atomic mass is 10.2. The molecule has 0 saturated carbocycles. The van der Waals surface area contributed by atoms with Crippen molar-refractivity contribution in [2.24, 2.45) is 0 Å². The smallest absolute Gasteiger partial charge is 0.272 e. The van der Waals surface area contributed by atoms with Crippen LogP contribution in [0, 0.1) is 0 Å². The molecule has 3 aromatic heterocycles. The van der Waals surface area contributed by atoms with E-state index in [1.54, 1.807) is 14.2 Å². The Balaban J connectivity index is 1.60. The van der Waals surface area contributed by atoms with E-state index in [0.717, 1.165) is 35.6 Å². The van der Waals surface area contributed by atoms with Crippen LogP contribution in [0.25, 0.3) is 16.9 Å². The molecule has 0 aliphatic heterocycles. The van der Waals surface area contributed by atoms with E-state index in [1.807, 2.05) is 59.3 Å². The molecule has 172 valence electrons. The minimum atomic E-state index is -0.248. The number of methoxy groups -OCH3 is 2. The Morgan fingerprint density at radius 3 is 2.70 bits per heavy atom. The van der Waals surface area contributed by atoms with Gasteiger partial charge in [-0.1, -0.05) is 6.07 Å². The van der Waals surface area contributed by atoms with Gasteiger partial charge in [-0.25, -0.2) is 4.98 Å². The Morgan fingerprint density at radius 2 is 1.94 bits per heavy atom. The lowest BCUT2D eigenvalue weighted by molar-refractivity contribution is 0.0948. The molecule has 33 heavy (non-hydrogen) atoms. The van der Waals surface area contributed by atoms with Crippen molar-refractivity contribution in [1.82, 2.24) is 24.2 Å². The zero-order chi connectivity index (χ0) is 23.4. The van der Waals surface area contributed by atoms with Crippen LogP contribution in [0.3, 0.4) is 0 Å². The summed E-state index contributed by atoms with van der Waals surface area (Å²) in [5, 5.41) is 2.98. The van der Waals surface area contributed by atoms with Gasteiger partial charge in [0.15, 0.2) is 5.69 Å². The molecule has 1 amide bonds. The first-order valence-corrected chi connectivity index (χ1v) is 10.8. The number of nitrogens with one attached hydrogen (secondary N) is 1. The van der Waals surface area contributed by atoms with Crippen molar-refractivity contribution < 1.29 is 14.3 Å². The molecule has 1 aromatic carbocycles. The molecule has 8 heteroatoms. The zero-order valence-electron chi connectivity index (χ0n) is 19.4. The largest absolute Gasteiger partial charge is 0.497 e. The highest BCUT2D eigenvalue weighted by Gasteiger charge is 2.19. The van der Waals surface area contributed by atoms with E-state index in [0.29, 0.717) is 23.7 Å². The number of amides is 1. The van der Waals surface area contributed by atoms with Gasteiger partial charge < -0.3 is 24.3 Å². The van der Waals surface area contributed by atoms with Gasteiger partial charge in [0.05, 0.1) is 19.7 Å². The summed E-state index contributed by atoms with van der Waals surface area (Å²) < 4.78 is 14.8. The van der Waals surface area contributed by atoms with E-state index in [-0.39, 0.29) is 5.91 Å². The number of aromatic nitrogens is 3. The van der Waals surface area contributed by atoms with Gasteiger partial charge in [0, 0.05) is 49.4 Å². The van der Waals surface area contributed by atoms with Crippen LogP contribution in [0.4, 0.5) is 0 Å². The molecule has 8 nitrogen and oxygen atoms in total. The van der Waals surface area contributed by atoms with Crippen LogP contribution >= 0.6 is 0 Å². The highest BCUT2D eigenvalue weighted by Crippen LogP contribution is 2.25. The monoisotopic (exact) mass is 447 g/mol. The summed E-state index contributed by atoms with van der Waals surface area (Å²) >= 11 is 0. The molecular weight excluding hydrogens is 418 g/mol. The summed E-state index contributed by atoms with van der Waals surface area (Å²) in [5.74, 6) is 1.87. The molecule has 0 aliphatic carbocycles. The summed E-state index contributed by atoms with van der Waals surface area (Å²) in [6, 6.07) is 13.3. The second kappa shape index (κ2) is 9.79. The summed E-state index contributed by atoms with van der Waals surface area (Å²) in [4.78, 5) is 20.0. The predicted molar refractivity (Wildman–Crippen MR) is 128 cm³/mol. The van der Waals surface area contributed by atoms with Crippen molar-refractivity contribution in [3.05, 3.63) is 72.3 Å². The van der Waals surface area contributed by atoms with Crippen LogP contribution in [-0.2, 0) is 13.1 Å². The highest BCUT2D eigenvalue weighted by molar-refractivity contribution is 6.00. The van der Waals surface area contributed by atoms with Crippen LogP contribution in [-0.4, -0.2) is 59.6 Å². The molecule has 4 aromatic rings. The SMILES string of the molecule is COc1ccc(OC)c(CNC(=O)c2nc(-c3ccn(CCN(C)C)c3)n3ccccc23)c1. The summed E-state index contributed by atoms with van der Waals surface area (Å²) in [6.07, 6.45) is 6.03. The number of nitrogens with zero attached hydrogens (tertiary/aromatic N) is 4. The molecule has 0 saturated heterocycles. The third-order valence-electron chi connectivity index (χ3n) is 5.50. The quantitative estimate of drug-likeness (QED) is 0.426. The number of imidazole rings is 1. The number of hydrogen-bond acceptors (Lipinski definition) is 5. The molecule has 0 fully saturated rings. The van der Waals surface area contributed by atoms with Crippen LogP contribution in [0.1, 0.15) is 16.1 Å². The van der Waals surface area contributed by atoms with E-state index in [9.17, 15) is 4.79 Å². The van der Waals surface area contributed by atoms with Crippen LogP contribution < -0.4 is 14.8 Å². The lowest BCUT2D eigenvalue weighted by Gasteiger charge is -2.11. The van der Waals surface area contributed by atoms with Gasteiger partial charge in [-0.05, 0) is 50.5 Å². The van der Waals surface area contributed by atoms with Crippen molar-refractivity contribution in [2.75, 3.05) is 34.9 Å². The van der Waals surface area contributed by atoms with Crippen molar-refractivity contribution in [3.63, 3.8) is 0 Å². The second-order valence-electron chi connectivity index (χ2n) is 8.04. The molecule has 0 spiro atoms. The number of carbonyl (C=O) groups is 1. The lowest BCUT2D eigenvalue weighted by Crippen LogP contribution is -2.23. The van der Waals surface area contributed by atoms with Crippen molar-refractivity contribution in [3.8, 4) is 22.9 Å². The van der Waals surface area contributed by atoms with Gasteiger partial charge in [-0.15, -0.1) is 0 Å². The van der Waals surface area contributed by atoms with Gasteiger partial charge >= 0.3 is 0 Å². The topological polar surface area (TPSA) is 73.0 Å². The Morgan fingerprint density at radius 1 is 1.09 bits per heavy atom. The first-order chi connectivity index (χ1) is 16.0. The molecule has 3 heterocycles. The van der Waals surface area contributed by atoms with Crippen LogP contribution in [0.2, 0.25) is 0 Å². The van der Waals surface area contributed by atoms with Gasteiger partial charge in [-0.2, -0.15) is 0 Å². The van der Waals surface area contributed by atoms with Gasteiger partial charge in [0.2, 0.25) is 0 Å². The maximum absolute atomic E-state index is 13.1. The molecule has 4 rings (SSSR count). The number of hydrogen-bond donors (Lipinski definition) is 1. The Hall–Kier alpha value is -3.78. The summed E-state index contributed by atoms with van der Waals surface area (Å²) in [5.41, 5.74) is 2.92. The molecule has 1 N–H and O–H groups in total. The molecule has 0 radical (unpaired) electrons. The maximum atomic E-state index is 13.1. The number of benzene rings is 1. The predicted octanol–water partition coefficient (Wildman–Crippen LogP) is 3.31. The Kier molecular flexibility index (Phi) is 6.65. The van der Waals surface area contributed by atoms with Gasteiger partial charge in [0.1, 0.15) is 17.3 Å². The number of rotatable bonds is 9. The standard InChI is InChI=1S/C25H29N5O3/c1-28(2)13-14-29-12-10-18(17-29)24-27-23(21-7-5-6-11-30(21)24)25(31)26-16-19-15-20(32-3)8-9-22(19)33-4/h5-12,15,17H,13-14,16H2,1-4H3,(H,26,31). The number of likely N-dealkylation sites (N-methyl/N-ethyl adjacent to an activating group) is 1. The number of ether oxygens (including phenoxy) is 2. The first kappa shape index (κ1) is 22.4. The summed E-state index contributed by atoms with van der Waals surface area (Å²) in [6.45, 7) is 2.12. The van der Waals surface area contributed by atoms with Crippen molar-refractivity contribution in [1.29, 1.82) is 0 Å². The third kappa shape index (κ3) is 4.85. The van der Waals surface area contributed by atoms with E-state index >= 15 is 0 Å². The Bertz CT molecular complexity index is 1260. The second-order valence-corrected chi connectivity index (χ2v) is 8.04. The number of fused-ring (bicyclic) bond motifs is 1. The molecule has 0 bridgehead atoms. The van der Waals surface area contributed by atoms with E-state index < -0.39 is 0 Å². The van der Waals surface area contributed by atoms with E-state index in [1.165, 1.54) is 0 Å². The Labute approximate surface area is 193 Å². The fourth-order valence-corrected chi connectivity index (χ4v) is 3.72. The zero-order valence-corrected chi connectivity index (χ0v) is 19.4. The van der Waals surface area contributed by atoms with E-state index in [4.69, 9.17) is 14.5 Å². The van der Waals surface area contributed by atoms with Crippen molar-refractivity contribution in [2.45, 2.75) is 13.1 Å². The molecule has 0 unspecified atom stereocenters. The number of carbonyl (C=O) groups excluding carboxylic acids is 1. The normalized spacial score (nSPS) is 11.2. The first-order valence-electron chi connectivity index (χ1n) is 10.8. The number of pyridine rings is 1. The minimum Gasteiger partial charge on any atom is -0.497 e. The average molecular weight is 448 g/mol. The highest BCUT2D eigenvalue weighted by atomic mass is 16.5. The molecule has 0 aliphatic rings. The molecule has 0 atom stereocenters. The van der Waals surface area contributed by atoms with Crippen molar-refractivity contribution >= 4 is 11.4 Å². The van der Waals surface area contributed by atoms with Gasteiger partial charge in [0.25, 0.3) is 5.91 Å². The minimum absolute atomic E-state index is 0.248. The third-order valence-corrected chi connectivity index (χ3v) is 5.50. The van der Waals surface area contributed by atoms with Gasteiger partial charge in [-0.3, -0.25) is 9.20 Å². The average Bonchev–Trinajstić information content (AvgIpc) is 3.45. The maximum Gasteiger partial charge on any atom is 0.272 e. The van der Waals surface area contributed by atoms with Crippen LogP contribution in [0.15, 0.2) is 61.1 Å². The summed E-state index contributed by atoms with van der Waals surface area (Å²) in [7, 11) is 7.32. The fraction of sp³-hybridized carbons (Fsp3) is 0.280. The van der Waals surface area contributed by atoms with Crippen LogP contribution in [0.5, 0.6) is 11.5 Å². The van der Waals surface area contributed by atoms with E-state index in [2.05, 4.69) is 35.1 Å². The molecular formula is C25H29N5O3. The fourth-order valence-electron chi connectivity index (χ4n) is 3.72.